The summed E-state index contributed by atoms with van der Waals surface area (Å²) in [7, 11) is 0. The van der Waals surface area contributed by atoms with Crippen molar-refractivity contribution in [2.75, 3.05) is 13.3 Å². The van der Waals surface area contributed by atoms with Gasteiger partial charge in [-0.1, -0.05) is 0 Å². The van der Waals surface area contributed by atoms with E-state index in [0.717, 1.165) is 0 Å². The molecular weight excluding hydrogens is 121 g/mol. The average molecular weight is 128 g/mol. The summed E-state index contributed by atoms with van der Waals surface area (Å²) < 4.78 is 3.98. The molecule has 4 nitrogen and oxygen atoms in total. The predicted molar refractivity (Wildman–Crippen MR) is 22.2 cm³/mol. The van der Waals surface area contributed by atoms with E-state index < -0.39 is 12.8 Å². The molecule has 0 heterocycles. The molecule has 0 radical (unpaired) electrons. The number of aliphatic hydroxyl groups is 1. The summed E-state index contributed by atoms with van der Waals surface area (Å²) >= 11 is 0. The van der Waals surface area contributed by atoms with E-state index in [0.29, 0.717) is 0 Å². The van der Waals surface area contributed by atoms with Crippen molar-refractivity contribution in [3.63, 3.8) is 0 Å². The molecule has 0 atom stereocenters. The Labute approximate surface area is 69.3 Å². The maximum Gasteiger partial charge on any atom is 1.00 e. The molecule has 0 aromatic heterocycles. The summed E-state index contributed by atoms with van der Waals surface area (Å²) in [6, 6.07) is 0. The van der Waals surface area contributed by atoms with Crippen molar-refractivity contribution < 1.29 is 44.2 Å². The maximum absolute atomic E-state index is 9.90. The van der Waals surface area contributed by atoms with E-state index in [1.165, 1.54) is 0 Å². The standard InChI is InChI=1S/C3H7NO3.Na/c4-1-3(6)7-2-5;/h5H,1-2,4H2;/q;+1. The molecule has 0 aromatic rings. The van der Waals surface area contributed by atoms with Gasteiger partial charge in [-0.2, -0.15) is 0 Å². The van der Waals surface area contributed by atoms with Crippen LogP contribution in [0.2, 0.25) is 0 Å². The van der Waals surface area contributed by atoms with Gasteiger partial charge in [0.25, 0.3) is 0 Å². The van der Waals surface area contributed by atoms with Crippen molar-refractivity contribution in [1.82, 2.24) is 0 Å². The van der Waals surface area contributed by atoms with E-state index in [1.807, 2.05) is 0 Å². The van der Waals surface area contributed by atoms with E-state index in [1.54, 1.807) is 0 Å². The topological polar surface area (TPSA) is 72.6 Å². The fourth-order valence-electron chi connectivity index (χ4n) is 0.131. The molecule has 0 unspecified atom stereocenters. The van der Waals surface area contributed by atoms with Crippen molar-refractivity contribution >= 4 is 5.97 Å². The van der Waals surface area contributed by atoms with Crippen LogP contribution in [-0.4, -0.2) is 24.4 Å². The Kier molecular flexibility index (Phi) is 10.4. The minimum atomic E-state index is -0.595. The summed E-state index contributed by atoms with van der Waals surface area (Å²) in [5.41, 5.74) is 4.77. The molecule has 0 fully saturated rings. The summed E-state index contributed by atoms with van der Waals surface area (Å²) in [5.74, 6) is -0.595. The van der Waals surface area contributed by atoms with Crippen molar-refractivity contribution in [2.45, 2.75) is 0 Å². The Morgan fingerprint density at radius 3 is 2.38 bits per heavy atom. The van der Waals surface area contributed by atoms with Crippen LogP contribution < -0.4 is 35.3 Å². The van der Waals surface area contributed by atoms with Crippen LogP contribution in [0.1, 0.15) is 0 Å². The number of ether oxygens (including phenoxy) is 1. The number of nitrogens with two attached hydrogens (primary N) is 1. The molecule has 0 bridgehead atoms. The summed E-state index contributed by atoms with van der Waals surface area (Å²) in [6.45, 7) is -0.767. The molecule has 0 saturated carbocycles. The quantitative estimate of drug-likeness (QED) is 0.223. The molecule has 0 aliphatic rings. The van der Waals surface area contributed by atoms with Crippen LogP contribution in [0, 0.1) is 0 Å². The normalized spacial score (nSPS) is 7.25. The van der Waals surface area contributed by atoms with E-state index >= 15 is 0 Å². The number of hydrogen-bond acceptors (Lipinski definition) is 4. The van der Waals surface area contributed by atoms with Gasteiger partial charge >= 0.3 is 35.5 Å². The largest absolute Gasteiger partial charge is 1.00 e. The van der Waals surface area contributed by atoms with Gasteiger partial charge < -0.3 is 15.6 Å². The van der Waals surface area contributed by atoms with Crippen LogP contribution in [0.25, 0.3) is 0 Å². The summed E-state index contributed by atoms with van der Waals surface area (Å²) in [4.78, 5) is 9.90. The van der Waals surface area contributed by atoms with Gasteiger partial charge in [0.2, 0.25) is 0 Å². The Bertz CT molecular complexity index is 67.5. The molecule has 0 aromatic carbocycles. The maximum atomic E-state index is 9.90. The van der Waals surface area contributed by atoms with Crippen LogP contribution in [0.5, 0.6) is 0 Å². The van der Waals surface area contributed by atoms with Gasteiger partial charge in [-0.25, -0.2) is 0 Å². The fourth-order valence-corrected chi connectivity index (χ4v) is 0.131. The zero-order valence-corrected chi connectivity index (χ0v) is 6.76. The second-order valence-corrected chi connectivity index (χ2v) is 0.850. The minimum Gasteiger partial charge on any atom is -0.438 e. The third kappa shape index (κ3) is 6.39. The van der Waals surface area contributed by atoms with Gasteiger partial charge in [0, 0.05) is 0 Å². The Morgan fingerprint density at radius 1 is 1.75 bits per heavy atom. The molecule has 8 heavy (non-hydrogen) atoms. The Hall–Kier alpha value is 0.390. The van der Waals surface area contributed by atoms with Crippen molar-refractivity contribution in [2.24, 2.45) is 5.73 Å². The smallest absolute Gasteiger partial charge is 0.438 e. The van der Waals surface area contributed by atoms with Gasteiger partial charge in [-0.3, -0.25) is 4.79 Å². The van der Waals surface area contributed by atoms with Crippen molar-refractivity contribution in [3.05, 3.63) is 0 Å². The molecule has 0 aliphatic heterocycles. The first-order chi connectivity index (χ1) is 3.31. The fraction of sp³-hybridized carbons (Fsp3) is 0.667. The molecule has 42 valence electrons. The number of aliphatic hydroxyl groups excluding tert-OH is 1. The van der Waals surface area contributed by atoms with E-state index in [-0.39, 0.29) is 36.1 Å². The third-order valence-electron chi connectivity index (χ3n) is 0.392. The van der Waals surface area contributed by atoms with Crippen LogP contribution in [0.4, 0.5) is 0 Å². The number of esters is 1. The third-order valence-corrected chi connectivity index (χ3v) is 0.392. The van der Waals surface area contributed by atoms with Gasteiger partial charge in [0.05, 0.1) is 6.54 Å². The van der Waals surface area contributed by atoms with Crippen LogP contribution in [0.3, 0.4) is 0 Å². The number of carbonyl (C=O) groups excluding carboxylic acids is 1. The zero-order valence-electron chi connectivity index (χ0n) is 4.76. The Balaban J connectivity index is 0. The van der Waals surface area contributed by atoms with Crippen LogP contribution in [0.15, 0.2) is 0 Å². The van der Waals surface area contributed by atoms with E-state index in [2.05, 4.69) is 4.74 Å². The number of hydrogen-bond donors (Lipinski definition) is 2. The van der Waals surface area contributed by atoms with Gasteiger partial charge in [0.15, 0.2) is 6.79 Å². The number of carbonyl (C=O) groups is 1. The molecule has 0 amide bonds. The molecule has 0 spiro atoms. The van der Waals surface area contributed by atoms with Gasteiger partial charge in [0.1, 0.15) is 0 Å². The SMILES string of the molecule is NCC(=O)OCO.[Na+]. The van der Waals surface area contributed by atoms with Crippen molar-refractivity contribution in [3.8, 4) is 0 Å². The average Bonchev–Trinajstić information content (AvgIpc) is 1.68. The second kappa shape index (κ2) is 7.39. The molecule has 0 rings (SSSR count). The molecule has 0 aliphatic carbocycles. The van der Waals surface area contributed by atoms with Gasteiger partial charge in [-0.15, -0.1) is 0 Å². The summed E-state index contributed by atoms with van der Waals surface area (Å²) in [5, 5.41) is 7.87. The monoisotopic (exact) mass is 128 g/mol. The predicted octanol–water partition coefficient (Wildman–Crippen LogP) is -4.56. The van der Waals surface area contributed by atoms with E-state index in [9.17, 15) is 4.79 Å². The minimum absolute atomic E-state index is 0. The van der Waals surface area contributed by atoms with Crippen LogP contribution >= 0.6 is 0 Å². The first-order valence-corrected chi connectivity index (χ1v) is 1.77. The van der Waals surface area contributed by atoms with Crippen molar-refractivity contribution in [1.29, 1.82) is 0 Å². The van der Waals surface area contributed by atoms with Gasteiger partial charge in [-0.05, 0) is 0 Å². The van der Waals surface area contributed by atoms with E-state index in [4.69, 9.17) is 10.8 Å². The molecular formula is C3H7NNaO3+. The first kappa shape index (κ1) is 11.2. The number of rotatable bonds is 2. The zero-order chi connectivity index (χ0) is 5.70. The molecule has 5 heteroatoms. The first-order valence-electron chi connectivity index (χ1n) is 1.77. The Morgan fingerprint density at radius 2 is 2.25 bits per heavy atom. The molecule has 0 saturated heterocycles. The van der Waals surface area contributed by atoms with Crippen LogP contribution in [-0.2, 0) is 9.53 Å². The summed E-state index contributed by atoms with van der Waals surface area (Å²) in [6.07, 6.45) is 0. The second-order valence-electron chi connectivity index (χ2n) is 0.850. The molecule has 3 N–H and O–H groups in total.